The third-order valence-corrected chi connectivity index (χ3v) is 4.06. The zero-order chi connectivity index (χ0) is 19.9. The minimum atomic E-state index is -4.22. The Morgan fingerprint density at radius 2 is 1.93 bits per heavy atom. The fourth-order valence-electron chi connectivity index (χ4n) is 2.29. The number of nitrogens with zero attached hydrogens (tertiary/aromatic N) is 1. The summed E-state index contributed by atoms with van der Waals surface area (Å²) in [6.45, 7) is -0.311. The summed E-state index contributed by atoms with van der Waals surface area (Å²) in [7, 11) is 1.39. The lowest BCUT2D eigenvalue weighted by Gasteiger charge is -2.18. The van der Waals surface area contributed by atoms with Gasteiger partial charge in [-0.3, -0.25) is 9.69 Å². The van der Waals surface area contributed by atoms with Crippen LogP contribution in [-0.2, 0) is 6.61 Å². The van der Waals surface area contributed by atoms with E-state index in [-0.39, 0.29) is 25.5 Å². The van der Waals surface area contributed by atoms with Crippen molar-refractivity contribution in [2.24, 2.45) is 0 Å². The summed E-state index contributed by atoms with van der Waals surface area (Å²) in [5, 5.41) is 2.62. The van der Waals surface area contributed by atoms with Gasteiger partial charge < -0.3 is 14.5 Å². The largest absolute Gasteiger partial charge is 0.486 e. The van der Waals surface area contributed by atoms with Crippen LogP contribution in [0.15, 0.2) is 45.3 Å². The van der Waals surface area contributed by atoms with Crippen LogP contribution in [0.1, 0.15) is 22.7 Å². The predicted octanol–water partition coefficient (Wildman–Crippen LogP) is 4.24. The van der Waals surface area contributed by atoms with Gasteiger partial charge in [0.2, 0.25) is 0 Å². The zero-order valence-electron chi connectivity index (χ0n) is 14.7. The minimum Gasteiger partial charge on any atom is -0.486 e. The van der Waals surface area contributed by atoms with Crippen molar-refractivity contribution in [2.45, 2.75) is 19.2 Å². The lowest BCUT2D eigenvalue weighted by atomic mass is 10.3. The Balaban J connectivity index is 1.70. The van der Waals surface area contributed by atoms with Crippen molar-refractivity contribution in [3.05, 3.63) is 52.4 Å². The van der Waals surface area contributed by atoms with Crippen molar-refractivity contribution in [1.29, 1.82) is 0 Å². The summed E-state index contributed by atoms with van der Waals surface area (Å²) in [6, 6.07) is 10.5. The first-order valence-electron chi connectivity index (χ1n) is 8.23. The molecule has 0 saturated heterocycles. The molecular formula is C18H20BrF3N2O3. The quantitative estimate of drug-likeness (QED) is 0.583. The molecule has 148 valence electrons. The van der Waals surface area contributed by atoms with E-state index in [1.54, 1.807) is 18.2 Å². The molecule has 0 bridgehead atoms. The molecule has 1 aromatic heterocycles. The summed E-state index contributed by atoms with van der Waals surface area (Å²) >= 11 is 3.34. The molecule has 0 fully saturated rings. The smallest absolute Gasteiger partial charge is 0.401 e. The normalized spacial score (nSPS) is 11.6. The molecular weight excluding hydrogens is 429 g/mol. The van der Waals surface area contributed by atoms with E-state index in [2.05, 4.69) is 21.2 Å². The van der Waals surface area contributed by atoms with Crippen LogP contribution in [0.25, 0.3) is 0 Å². The first-order valence-corrected chi connectivity index (χ1v) is 9.03. The number of rotatable bonds is 9. The third kappa shape index (κ3) is 8.04. The molecule has 0 saturated carbocycles. The molecule has 0 radical (unpaired) electrons. The molecule has 1 amide bonds. The fraction of sp³-hybridized carbons (Fsp3) is 0.389. The first-order chi connectivity index (χ1) is 12.7. The van der Waals surface area contributed by atoms with Gasteiger partial charge in [0, 0.05) is 11.0 Å². The second-order valence-corrected chi connectivity index (χ2v) is 6.89. The Labute approximate surface area is 163 Å². The first kappa shape index (κ1) is 21.3. The Morgan fingerprint density at radius 1 is 1.22 bits per heavy atom. The summed E-state index contributed by atoms with van der Waals surface area (Å²) in [5.74, 6) is 0.882. The summed E-state index contributed by atoms with van der Waals surface area (Å²) in [5.41, 5.74) is 0. The highest BCUT2D eigenvalue weighted by Gasteiger charge is 2.28. The van der Waals surface area contributed by atoms with Crippen molar-refractivity contribution in [3.8, 4) is 5.75 Å². The van der Waals surface area contributed by atoms with Crippen molar-refractivity contribution < 1.29 is 27.1 Å². The number of hydrogen-bond acceptors (Lipinski definition) is 4. The average molecular weight is 449 g/mol. The molecule has 0 unspecified atom stereocenters. The molecule has 5 nitrogen and oxygen atoms in total. The van der Waals surface area contributed by atoms with Gasteiger partial charge in [0.15, 0.2) is 5.76 Å². The van der Waals surface area contributed by atoms with E-state index in [0.717, 1.165) is 9.37 Å². The van der Waals surface area contributed by atoms with Crippen molar-refractivity contribution in [2.75, 3.05) is 26.7 Å². The summed E-state index contributed by atoms with van der Waals surface area (Å²) in [4.78, 5) is 13.2. The van der Waals surface area contributed by atoms with E-state index in [1.807, 2.05) is 12.1 Å². The third-order valence-electron chi connectivity index (χ3n) is 3.53. The molecule has 0 aliphatic rings. The number of nitrogens with one attached hydrogen (secondary N) is 1. The number of furan rings is 1. The molecule has 0 spiro atoms. The standard InChI is InChI=1S/C18H20BrF3N2O3/c1-24(12-18(20,21)22)10-2-9-23-17(25)16-8-7-15(27-16)11-26-14-5-3-13(19)4-6-14/h3-8H,2,9-12H2,1H3,(H,23,25). The highest BCUT2D eigenvalue weighted by atomic mass is 79.9. The molecule has 27 heavy (non-hydrogen) atoms. The molecule has 1 heterocycles. The molecule has 0 atom stereocenters. The van der Waals surface area contributed by atoms with Gasteiger partial charge in [-0.05, 0) is 56.4 Å². The summed E-state index contributed by atoms with van der Waals surface area (Å²) < 4.78 is 48.6. The van der Waals surface area contributed by atoms with Crippen LogP contribution in [0.2, 0.25) is 0 Å². The maximum atomic E-state index is 12.2. The second-order valence-electron chi connectivity index (χ2n) is 5.97. The van der Waals surface area contributed by atoms with Crippen LogP contribution in [0.5, 0.6) is 5.75 Å². The molecule has 2 rings (SSSR count). The van der Waals surface area contributed by atoms with E-state index in [4.69, 9.17) is 9.15 Å². The van der Waals surface area contributed by atoms with Gasteiger partial charge in [0.25, 0.3) is 5.91 Å². The number of amides is 1. The Morgan fingerprint density at radius 3 is 2.59 bits per heavy atom. The SMILES string of the molecule is CN(CCCNC(=O)c1ccc(COc2ccc(Br)cc2)o1)CC(F)(F)F. The van der Waals surface area contributed by atoms with Crippen molar-refractivity contribution in [1.82, 2.24) is 10.2 Å². The summed E-state index contributed by atoms with van der Waals surface area (Å²) in [6.07, 6.45) is -3.82. The van der Waals surface area contributed by atoms with Gasteiger partial charge in [0.05, 0.1) is 6.54 Å². The van der Waals surface area contributed by atoms with E-state index in [9.17, 15) is 18.0 Å². The molecule has 1 N–H and O–H groups in total. The predicted molar refractivity (Wildman–Crippen MR) is 97.7 cm³/mol. The number of ether oxygens (including phenoxy) is 1. The van der Waals surface area contributed by atoms with E-state index in [1.165, 1.54) is 13.1 Å². The molecule has 0 aliphatic heterocycles. The van der Waals surface area contributed by atoms with Crippen molar-refractivity contribution in [3.63, 3.8) is 0 Å². The van der Waals surface area contributed by atoms with Gasteiger partial charge >= 0.3 is 6.18 Å². The molecule has 9 heteroatoms. The van der Waals surface area contributed by atoms with Gasteiger partial charge in [-0.25, -0.2) is 0 Å². The number of benzene rings is 1. The van der Waals surface area contributed by atoms with E-state index < -0.39 is 18.6 Å². The number of alkyl halides is 3. The van der Waals surface area contributed by atoms with E-state index >= 15 is 0 Å². The maximum Gasteiger partial charge on any atom is 0.401 e. The van der Waals surface area contributed by atoms with Gasteiger partial charge in [0.1, 0.15) is 18.1 Å². The number of carbonyl (C=O) groups is 1. The molecule has 2 aromatic rings. The monoisotopic (exact) mass is 448 g/mol. The Hall–Kier alpha value is -2.00. The topological polar surface area (TPSA) is 54.7 Å². The number of carbonyl (C=O) groups excluding carboxylic acids is 1. The van der Waals surface area contributed by atoms with Crippen LogP contribution >= 0.6 is 15.9 Å². The van der Waals surface area contributed by atoms with Crippen LogP contribution in [0.4, 0.5) is 13.2 Å². The fourth-order valence-corrected chi connectivity index (χ4v) is 2.55. The minimum absolute atomic E-state index is 0.132. The Kier molecular flexibility index (Phi) is 7.73. The van der Waals surface area contributed by atoms with Crippen LogP contribution in [0.3, 0.4) is 0 Å². The Bertz CT molecular complexity index is 732. The molecule has 1 aromatic carbocycles. The van der Waals surface area contributed by atoms with E-state index in [0.29, 0.717) is 17.9 Å². The lowest BCUT2D eigenvalue weighted by molar-refractivity contribution is -0.143. The second kappa shape index (κ2) is 9.80. The molecule has 0 aliphatic carbocycles. The number of hydrogen-bond donors (Lipinski definition) is 1. The maximum absolute atomic E-state index is 12.2. The van der Waals surface area contributed by atoms with Gasteiger partial charge in [-0.1, -0.05) is 15.9 Å². The van der Waals surface area contributed by atoms with Crippen LogP contribution in [0, 0.1) is 0 Å². The van der Waals surface area contributed by atoms with Crippen molar-refractivity contribution >= 4 is 21.8 Å². The van der Waals surface area contributed by atoms with Gasteiger partial charge in [-0.2, -0.15) is 13.2 Å². The number of halogens is 4. The van der Waals surface area contributed by atoms with Crippen LogP contribution in [-0.4, -0.2) is 43.7 Å². The highest BCUT2D eigenvalue weighted by Crippen LogP contribution is 2.18. The van der Waals surface area contributed by atoms with Crippen LogP contribution < -0.4 is 10.1 Å². The lowest BCUT2D eigenvalue weighted by Crippen LogP contribution is -2.33. The average Bonchev–Trinajstić information content (AvgIpc) is 3.05. The zero-order valence-corrected chi connectivity index (χ0v) is 16.3. The van der Waals surface area contributed by atoms with Gasteiger partial charge in [-0.15, -0.1) is 0 Å². The highest BCUT2D eigenvalue weighted by molar-refractivity contribution is 9.10.